The van der Waals surface area contributed by atoms with Crippen molar-refractivity contribution in [2.45, 2.75) is 51.0 Å². The Morgan fingerprint density at radius 1 is 1.35 bits per heavy atom. The normalized spacial score (nSPS) is 17.7. The lowest BCUT2D eigenvalue weighted by Gasteiger charge is -2.27. The van der Waals surface area contributed by atoms with Crippen LogP contribution in [0.15, 0.2) is 24.4 Å². The molecular weight excluding hydrogens is 360 g/mol. The molecule has 0 spiro atoms. The topological polar surface area (TPSA) is 31.2 Å². The molecule has 0 N–H and O–H groups in total. The number of benzene rings is 1. The minimum atomic E-state index is -2.52. The molecule has 142 valence electrons. The van der Waals surface area contributed by atoms with Gasteiger partial charge in [0.2, 0.25) is 5.92 Å². The van der Waals surface area contributed by atoms with Crippen molar-refractivity contribution in [2.24, 2.45) is 5.92 Å². The van der Waals surface area contributed by atoms with Gasteiger partial charge < -0.3 is 9.30 Å². The van der Waals surface area contributed by atoms with Gasteiger partial charge in [-0.05, 0) is 37.3 Å². The monoisotopic (exact) mass is 383 g/mol. The van der Waals surface area contributed by atoms with Crippen LogP contribution >= 0.6 is 11.6 Å². The highest BCUT2D eigenvalue weighted by Crippen LogP contribution is 2.38. The molecule has 0 radical (unpaired) electrons. The van der Waals surface area contributed by atoms with Crippen LogP contribution in [0.25, 0.3) is 10.9 Å². The highest BCUT2D eigenvalue weighted by Gasteiger charge is 2.34. The molecule has 0 atom stereocenters. The average Bonchev–Trinajstić information content (AvgIpc) is 2.99. The maximum atomic E-state index is 13.3. The van der Waals surface area contributed by atoms with Crippen LogP contribution in [0.2, 0.25) is 5.02 Å². The van der Waals surface area contributed by atoms with Gasteiger partial charge in [-0.15, -0.1) is 0 Å². The minimum absolute atomic E-state index is 0.0246. The second-order valence-electron chi connectivity index (χ2n) is 7.12. The van der Waals surface area contributed by atoms with E-state index in [1.165, 1.54) is 0 Å². The Morgan fingerprint density at radius 2 is 2.08 bits per heavy atom. The van der Waals surface area contributed by atoms with E-state index in [1.807, 2.05) is 22.9 Å². The summed E-state index contributed by atoms with van der Waals surface area (Å²) >= 11 is 6.35. The number of ether oxygens (including phenoxy) is 1. The summed E-state index contributed by atoms with van der Waals surface area (Å²) < 4.78 is 33.7. The van der Waals surface area contributed by atoms with Crippen LogP contribution in [-0.2, 0) is 11.3 Å². The lowest BCUT2D eigenvalue weighted by molar-refractivity contribution is -0.0464. The van der Waals surface area contributed by atoms with E-state index in [9.17, 15) is 13.6 Å². The number of carbonyl (C=O) groups excluding carboxylic acids is 1. The summed E-state index contributed by atoms with van der Waals surface area (Å²) in [6.07, 6.45) is 3.73. The summed E-state index contributed by atoms with van der Waals surface area (Å²) in [5, 5.41) is 1.32. The van der Waals surface area contributed by atoms with E-state index in [0.717, 1.165) is 10.9 Å². The van der Waals surface area contributed by atoms with Crippen molar-refractivity contribution < 1.29 is 18.3 Å². The standard InChI is InChI=1S/C20H24ClF2NO2/c1-26-12-11-24-13-15(19-16(21)3-2-4-17(19)24)18(25)6-5-14-7-9-20(22,23)10-8-14/h2-4,13-14H,5-12H2,1H3. The molecule has 2 aromatic rings. The van der Waals surface area contributed by atoms with Crippen LogP contribution in [0.1, 0.15) is 48.9 Å². The highest BCUT2D eigenvalue weighted by atomic mass is 35.5. The number of halogens is 3. The van der Waals surface area contributed by atoms with Gasteiger partial charge >= 0.3 is 0 Å². The van der Waals surface area contributed by atoms with E-state index in [1.54, 1.807) is 13.2 Å². The number of hydrogen-bond donors (Lipinski definition) is 0. The van der Waals surface area contributed by atoms with Gasteiger partial charge in [-0.25, -0.2) is 8.78 Å². The predicted molar refractivity (Wildman–Crippen MR) is 99.3 cm³/mol. The third-order valence-electron chi connectivity index (χ3n) is 5.31. The zero-order chi connectivity index (χ0) is 18.7. The van der Waals surface area contributed by atoms with Gasteiger partial charge in [-0.2, -0.15) is 0 Å². The van der Waals surface area contributed by atoms with Crippen molar-refractivity contribution in [1.82, 2.24) is 4.57 Å². The third-order valence-corrected chi connectivity index (χ3v) is 5.62. The number of carbonyl (C=O) groups is 1. The maximum Gasteiger partial charge on any atom is 0.248 e. The fraction of sp³-hybridized carbons (Fsp3) is 0.550. The molecule has 1 heterocycles. The molecule has 0 amide bonds. The smallest absolute Gasteiger partial charge is 0.248 e. The van der Waals surface area contributed by atoms with E-state index in [2.05, 4.69) is 0 Å². The molecule has 0 saturated heterocycles. The van der Waals surface area contributed by atoms with Gasteiger partial charge in [-0.3, -0.25) is 4.79 Å². The number of hydrogen-bond acceptors (Lipinski definition) is 2. The van der Waals surface area contributed by atoms with E-state index >= 15 is 0 Å². The average molecular weight is 384 g/mol. The van der Waals surface area contributed by atoms with E-state index < -0.39 is 5.92 Å². The summed E-state index contributed by atoms with van der Waals surface area (Å²) in [7, 11) is 1.64. The van der Waals surface area contributed by atoms with E-state index in [4.69, 9.17) is 16.3 Å². The van der Waals surface area contributed by atoms with E-state index in [-0.39, 0.29) is 24.5 Å². The van der Waals surface area contributed by atoms with Gasteiger partial charge in [0.15, 0.2) is 5.78 Å². The number of methoxy groups -OCH3 is 1. The number of nitrogens with zero attached hydrogens (tertiary/aromatic N) is 1. The minimum Gasteiger partial charge on any atom is -0.383 e. The van der Waals surface area contributed by atoms with Crippen LogP contribution < -0.4 is 0 Å². The molecule has 6 heteroatoms. The Kier molecular flexibility index (Phi) is 5.98. The first kappa shape index (κ1) is 19.3. The fourth-order valence-corrected chi connectivity index (χ4v) is 4.02. The Hall–Kier alpha value is -1.46. The molecule has 1 aromatic heterocycles. The summed E-state index contributed by atoms with van der Waals surface area (Å²) in [6, 6.07) is 5.59. The molecule has 1 aliphatic rings. The van der Waals surface area contributed by atoms with Crippen molar-refractivity contribution in [1.29, 1.82) is 0 Å². The van der Waals surface area contributed by atoms with Crippen molar-refractivity contribution >= 4 is 28.3 Å². The predicted octanol–water partition coefficient (Wildman–Crippen LogP) is 5.73. The van der Waals surface area contributed by atoms with Gasteiger partial charge in [0.25, 0.3) is 0 Å². The molecule has 0 unspecified atom stereocenters. The van der Waals surface area contributed by atoms with Crippen LogP contribution in [0, 0.1) is 5.92 Å². The molecule has 1 aromatic carbocycles. The molecule has 1 fully saturated rings. The van der Waals surface area contributed by atoms with E-state index in [0.29, 0.717) is 49.4 Å². The van der Waals surface area contributed by atoms with Gasteiger partial charge in [0.05, 0.1) is 17.1 Å². The molecule has 26 heavy (non-hydrogen) atoms. The molecule has 3 rings (SSSR count). The van der Waals surface area contributed by atoms with Gasteiger partial charge in [0, 0.05) is 50.1 Å². The number of Topliss-reactive ketones (excluding diaryl/α,β-unsaturated/α-hetero) is 1. The molecule has 3 nitrogen and oxygen atoms in total. The SMILES string of the molecule is COCCn1cc(C(=O)CCC2CCC(F)(F)CC2)c2c(Cl)cccc21. The Balaban J connectivity index is 1.73. The first-order chi connectivity index (χ1) is 12.4. The quantitative estimate of drug-likeness (QED) is 0.572. The first-order valence-electron chi connectivity index (χ1n) is 9.08. The molecule has 0 bridgehead atoms. The summed E-state index contributed by atoms with van der Waals surface area (Å²) in [6.45, 7) is 1.18. The Bertz CT molecular complexity index is 777. The van der Waals surface area contributed by atoms with Crippen molar-refractivity contribution in [3.8, 4) is 0 Å². The number of rotatable bonds is 7. The fourth-order valence-electron chi connectivity index (χ4n) is 3.75. The highest BCUT2D eigenvalue weighted by molar-refractivity contribution is 6.37. The zero-order valence-electron chi connectivity index (χ0n) is 14.9. The lowest BCUT2D eigenvalue weighted by Crippen LogP contribution is -2.24. The second kappa shape index (κ2) is 8.05. The third kappa shape index (κ3) is 4.26. The summed E-state index contributed by atoms with van der Waals surface area (Å²) in [5.41, 5.74) is 1.53. The molecule has 1 aliphatic carbocycles. The van der Waals surface area contributed by atoms with Crippen molar-refractivity contribution in [3.05, 3.63) is 35.0 Å². The van der Waals surface area contributed by atoms with Crippen molar-refractivity contribution in [3.63, 3.8) is 0 Å². The molecule has 0 aliphatic heterocycles. The number of alkyl halides is 2. The van der Waals surface area contributed by atoms with Crippen LogP contribution in [0.5, 0.6) is 0 Å². The maximum absolute atomic E-state index is 13.3. The molecular formula is C20H24ClF2NO2. The second-order valence-corrected chi connectivity index (χ2v) is 7.53. The number of fused-ring (bicyclic) bond motifs is 1. The van der Waals surface area contributed by atoms with Gasteiger partial charge in [0.1, 0.15) is 0 Å². The Labute approximate surface area is 157 Å². The number of aromatic nitrogens is 1. The largest absolute Gasteiger partial charge is 0.383 e. The summed E-state index contributed by atoms with van der Waals surface area (Å²) in [4.78, 5) is 12.8. The summed E-state index contributed by atoms with van der Waals surface area (Å²) in [5.74, 6) is -2.30. The van der Waals surface area contributed by atoms with Crippen LogP contribution in [-0.4, -0.2) is 30.0 Å². The number of ketones is 1. The molecule has 1 saturated carbocycles. The van der Waals surface area contributed by atoms with Crippen LogP contribution in [0.4, 0.5) is 8.78 Å². The van der Waals surface area contributed by atoms with Gasteiger partial charge in [-0.1, -0.05) is 17.7 Å². The lowest BCUT2D eigenvalue weighted by atomic mass is 9.83. The van der Waals surface area contributed by atoms with Crippen LogP contribution in [0.3, 0.4) is 0 Å². The first-order valence-corrected chi connectivity index (χ1v) is 9.46. The van der Waals surface area contributed by atoms with Crippen molar-refractivity contribution in [2.75, 3.05) is 13.7 Å². The zero-order valence-corrected chi connectivity index (χ0v) is 15.7. The Morgan fingerprint density at radius 3 is 2.77 bits per heavy atom.